The second-order valence-corrected chi connectivity index (χ2v) is 3.17. The van der Waals surface area contributed by atoms with Crippen LogP contribution in [0, 0.1) is 0 Å². The first-order valence-corrected chi connectivity index (χ1v) is 5.17. The van der Waals surface area contributed by atoms with Gasteiger partial charge in [-0.3, -0.25) is 4.79 Å². The molecule has 0 atom stereocenters. The fourth-order valence-corrected chi connectivity index (χ4v) is 1.18. The van der Waals surface area contributed by atoms with E-state index in [-0.39, 0.29) is 12.4 Å². The molecule has 0 fully saturated rings. The van der Waals surface area contributed by atoms with Crippen molar-refractivity contribution in [2.24, 2.45) is 4.99 Å². The zero-order valence-corrected chi connectivity index (χ0v) is 9.92. The van der Waals surface area contributed by atoms with Crippen LogP contribution in [0.25, 0.3) is 0 Å². The van der Waals surface area contributed by atoms with Gasteiger partial charge >= 0.3 is 5.97 Å². The Morgan fingerprint density at radius 1 is 1.24 bits per heavy atom. The number of benzene rings is 1. The van der Waals surface area contributed by atoms with Crippen molar-refractivity contribution in [1.82, 2.24) is 0 Å². The van der Waals surface area contributed by atoms with Gasteiger partial charge in [-0.25, -0.2) is 4.99 Å². The molecule has 0 saturated carbocycles. The van der Waals surface area contributed by atoms with E-state index < -0.39 is 0 Å². The number of hydrogen-bond acceptors (Lipinski definition) is 4. The van der Waals surface area contributed by atoms with E-state index in [9.17, 15) is 4.79 Å². The number of methoxy groups -OCH3 is 2. The number of rotatable bonds is 4. The summed E-state index contributed by atoms with van der Waals surface area (Å²) in [6.45, 7) is 0. The van der Waals surface area contributed by atoms with Crippen molar-refractivity contribution in [1.29, 1.82) is 0 Å². The molecule has 0 bridgehead atoms. The Labute approximate surface area is 101 Å². The first-order valence-electron chi connectivity index (χ1n) is 5.17. The maximum Gasteiger partial charge on any atom is 0.309 e. The van der Waals surface area contributed by atoms with Crippen LogP contribution in [0.5, 0.6) is 0 Å². The van der Waals surface area contributed by atoms with Gasteiger partial charge in [0, 0.05) is 11.8 Å². The lowest BCUT2D eigenvalue weighted by molar-refractivity contribution is -0.139. The lowest BCUT2D eigenvalue weighted by Gasteiger charge is -2.02. The van der Waals surface area contributed by atoms with Crippen molar-refractivity contribution in [2.45, 2.75) is 6.42 Å². The zero-order chi connectivity index (χ0) is 12.5. The van der Waals surface area contributed by atoms with Crippen molar-refractivity contribution in [3.63, 3.8) is 0 Å². The van der Waals surface area contributed by atoms with E-state index in [1.165, 1.54) is 13.3 Å². The monoisotopic (exact) mass is 233 g/mol. The molecule has 0 aliphatic carbocycles. The van der Waals surface area contributed by atoms with Crippen LogP contribution in [0.3, 0.4) is 0 Å². The quantitative estimate of drug-likeness (QED) is 0.455. The van der Waals surface area contributed by atoms with E-state index in [0.29, 0.717) is 5.90 Å². The van der Waals surface area contributed by atoms with Crippen LogP contribution in [-0.4, -0.2) is 26.1 Å². The summed E-state index contributed by atoms with van der Waals surface area (Å²) in [6.07, 6.45) is 3.35. The summed E-state index contributed by atoms with van der Waals surface area (Å²) in [5, 5.41) is 0. The molecule has 4 nitrogen and oxygen atoms in total. The lowest BCUT2D eigenvalue weighted by atomic mass is 10.2. The van der Waals surface area contributed by atoms with Crippen LogP contribution in [0.15, 0.2) is 47.6 Å². The highest BCUT2D eigenvalue weighted by molar-refractivity contribution is 5.94. The van der Waals surface area contributed by atoms with E-state index in [4.69, 9.17) is 4.74 Å². The summed E-state index contributed by atoms with van der Waals surface area (Å²) < 4.78 is 9.65. The SMILES string of the molecule is COC(=O)C/C=C\N=C(OC)c1ccccc1. The van der Waals surface area contributed by atoms with Gasteiger partial charge in [-0.05, 0) is 12.1 Å². The molecule has 1 rings (SSSR count). The molecule has 1 aromatic carbocycles. The summed E-state index contributed by atoms with van der Waals surface area (Å²) in [6, 6.07) is 9.53. The molecule has 0 N–H and O–H groups in total. The molecule has 17 heavy (non-hydrogen) atoms. The molecule has 0 amide bonds. The maximum atomic E-state index is 10.8. The highest BCUT2D eigenvalue weighted by Gasteiger charge is 2.00. The van der Waals surface area contributed by atoms with Gasteiger partial charge in [0.2, 0.25) is 5.90 Å². The van der Waals surface area contributed by atoms with Crippen molar-refractivity contribution < 1.29 is 14.3 Å². The number of esters is 1. The van der Waals surface area contributed by atoms with Crippen molar-refractivity contribution in [3.05, 3.63) is 48.2 Å². The first-order chi connectivity index (χ1) is 8.27. The standard InChI is InChI=1S/C13H15NO3/c1-16-12(15)9-6-10-14-13(17-2)11-7-4-3-5-8-11/h3-8,10H,9H2,1-2H3/b10-6-,14-13?. The topological polar surface area (TPSA) is 47.9 Å². The summed E-state index contributed by atoms with van der Waals surface area (Å²) in [4.78, 5) is 15.0. The minimum atomic E-state index is -0.296. The predicted octanol–water partition coefficient (Wildman–Crippen LogP) is 2.16. The first kappa shape index (κ1) is 13.0. The van der Waals surface area contributed by atoms with Crippen LogP contribution < -0.4 is 0 Å². The number of aliphatic imine (C=N–C) groups is 1. The Morgan fingerprint density at radius 3 is 2.53 bits per heavy atom. The third-order valence-corrected chi connectivity index (χ3v) is 2.02. The molecule has 0 radical (unpaired) electrons. The largest absolute Gasteiger partial charge is 0.481 e. The maximum absolute atomic E-state index is 10.8. The highest BCUT2D eigenvalue weighted by atomic mass is 16.5. The fraction of sp³-hybridized carbons (Fsp3) is 0.231. The van der Waals surface area contributed by atoms with Crippen LogP contribution in [0.2, 0.25) is 0 Å². The molecular formula is C13H15NO3. The average molecular weight is 233 g/mol. The molecule has 0 saturated heterocycles. The summed E-state index contributed by atoms with van der Waals surface area (Å²) in [7, 11) is 2.91. The summed E-state index contributed by atoms with van der Waals surface area (Å²) in [5.41, 5.74) is 0.887. The van der Waals surface area contributed by atoms with E-state index in [1.807, 2.05) is 30.3 Å². The van der Waals surface area contributed by atoms with Gasteiger partial charge in [0.1, 0.15) is 0 Å². The minimum Gasteiger partial charge on any atom is -0.481 e. The Kier molecular flexibility index (Phi) is 5.51. The minimum absolute atomic E-state index is 0.200. The Bertz CT molecular complexity index is 410. The van der Waals surface area contributed by atoms with Gasteiger partial charge in [-0.1, -0.05) is 24.3 Å². The molecule has 0 aliphatic heterocycles. The molecule has 0 spiro atoms. The number of carbonyl (C=O) groups excluding carboxylic acids is 1. The molecular weight excluding hydrogens is 218 g/mol. The molecule has 1 aromatic rings. The van der Waals surface area contributed by atoms with E-state index in [2.05, 4.69) is 9.73 Å². The average Bonchev–Trinajstić information content (AvgIpc) is 2.39. The molecule has 0 aromatic heterocycles. The Morgan fingerprint density at radius 2 is 1.94 bits per heavy atom. The second-order valence-electron chi connectivity index (χ2n) is 3.17. The smallest absolute Gasteiger partial charge is 0.309 e. The second kappa shape index (κ2) is 7.22. The third-order valence-electron chi connectivity index (χ3n) is 2.02. The van der Waals surface area contributed by atoms with E-state index in [0.717, 1.165) is 5.56 Å². The molecule has 4 heteroatoms. The van der Waals surface area contributed by atoms with Crippen molar-refractivity contribution in [3.8, 4) is 0 Å². The zero-order valence-electron chi connectivity index (χ0n) is 9.92. The van der Waals surface area contributed by atoms with Crippen LogP contribution in [-0.2, 0) is 14.3 Å². The number of hydrogen-bond donors (Lipinski definition) is 0. The van der Waals surface area contributed by atoms with Gasteiger partial charge < -0.3 is 9.47 Å². The van der Waals surface area contributed by atoms with Gasteiger partial charge in [0.15, 0.2) is 0 Å². The van der Waals surface area contributed by atoms with Crippen molar-refractivity contribution >= 4 is 11.9 Å². The number of ether oxygens (including phenoxy) is 2. The fourth-order valence-electron chi connectivity index (χ4n) is 1.18. The Hall–Kier alpha value is -2.10. The molecule has 90 valence electrons. The molecule has 0 unspecified atom stereocenters. The van der Waals surface area contributed by atoms with Gasteiger partial charge in [0.05, 0.1) is 20.6 Å². The summed E-state index contributed by atoms with van der Waals surface area (Å²) in [5.74, 6) is 0.210. The number of nitrogens with zero attached hydrogens (tertiary/aromatic N) is 1. The molecule has 0 aliphatic rings. The number of carbonyl (C=O) groups is 1. The van der Waals surface area contributed by atoms with Gasteiger partial charge in [-0.2, -0.15) is 0 Å². The van der Waals surface area contributed by atoms with Gasteiger partial charge in [-0.15, -0.1) is 0 Å². The molecule has 0 heterocycles. The van der Waals surface area contributed by atoms with E-state index >= 15 is 0 Å². The predicted molar refractivity (Wildman–Crippen MR) is 65.8 cm³/mol. The summed E-state index contributed by atoms with van der Waals surface area (Å²) >= 11 is 0. The lowest BCUT2D eigenvalue weighted by Crippen LogP contribution is -2.02. The Balaban J connectivity index is 2.65. The normalized spacial score (nSPS) is 11.5. The van der Waals surface area contributed by atoms with E-state index in [1.54, 1.807) is 13.2 Å². The highest BCUT2D eigenvalue weighted by Crippen LogP contribution is 2.02. The van der Waals surface area contributed by atoms with Crippen molar-refractivity contribution in [2.75, 3.05) is 14.2 Å². The third kappa shape index (κ3) is 4.51. The van der Waals surface area contributed by atoms with Crippen LogP contribution in [0.4, 0.5) is 0 Å². The van der Waals surface area contributed by atoms with Crippen LogP contribution >= 0.6 is 0 Å². The van der Waals surface area contributed by atoms with Crippen LogP contribution in [0.1, 0.15) is 12.0 Å². The van der Waals surface area contributed by atoms with Gasteiger partial charge in [0.25, 0.3) is 0 Å².